The zero-order valence-electron chi connectivity index (χ0n) is 11.7. The summed E-state index contributed by atoms with van der Waals surface area (Å²) >= 11 is 0. The molecule has 98 valence electrons. The lowest BCUT2D eigenvalue weighted by molar-refractivity contribution is -0.131. The molecular formula is C10H10O7S. The highest BCUT2D eigenvalue weighted by Crippen LogP contribution is 2.29. The zero-order valence-corrected chi connectivity index (χ0v) is 9.55. The number of hydrogen-bond donors (Lipinski definition) is 2. The summed E-state index contributed by atoms with van der Waals surface area (Å²) in [7, 11) is -7.77. The molecule has 0 radical (unpaired) electrons. The summed E-state index contributed by atoms with van der Waals surface area (Å²) in [5.74, 6) is -2.30. The molecule has 0 fully saturated rings. The van der Waals surface area contributed by atoms with Gasteiger partial charge in [0.25, 0.3) is 0 Å². The zero-order chi connectivity index (χ0) is 16.3. The quantitative estimate of drug-likeness (QED) is 0.609. The fraction of sp³-hybridized carbons (Fsp3) is 0.100. The SMILES string of the molecule is [2H]C([2H])([2H])Oc1ccc(/C=C/C(=O)O)cc1OS(=O)(=O)O. The van der Waals surface area contributed by atoms with E-state index in [2.05, 4.69) is 8.92 Å². The molecule has 7 nitrogen and oxygen atoms in total. The van der Waals surface area contributed by atoms with Gasteiger partial charge in [0, 0.05) is 6.08 Å². The van der Waals surface area contributed by atoms with Crippen molar-refractivity contribution in [3.05, 3.63) is 29.8 Å². The summed E-state index contributed by atoms with van der Waals surface area (Å²) in [6.07, 6.45) is 1.88. The Kier molecular flexibility index (Phi) is 3.04. The Balaban J connectivity index is 3.22. The highest BCUT2D eigenvalue weighted by molar-refractivity contribution is 7.81. The van der Waals surface area contributed by atoms with Crippen LogP contribution in [0.25, 0.3) is 6.08 Å². The van der Waals surface area contributed by atoms with Gasteiger partial charge in [-0.1, -0.05) is 6.07 Å². The molecule has 0 aliphatic heterocycles. The van der Waals surface area contributed by atoms with Gasteiger partial charge in [-0.25, -0.2) is 4.79 Å². The van der Waals surface area contributed by atoms with E-state index >= 15 is 0 Å². The third-order valence-electron chi connectivity index (χ3n) is 1.69. The fourth-order valence-electron chi connectivity index (χ4n) is 1.06. The Morgan fingerprint density at radius 1 is 1.44 bits per heavy atom. The predicted octanol–water partition coefficient (Wildman–Crippen LogP) is 0.975. The van der Waals surface area contributed by atoms with E-state index in [0.717, 1.165) is 24.3 Å². The van der Waals surface area contributed by atoms with Crippen molar-refractivity contribution in [2.24, 2.45) is 0 Å². The highest BCUT2D eigenvalue weighted by atomic mass is 32.3. The van der Waals surface area contributed by atoms with Gasteiger partial charge >= 0.3 is 16.4 Å². The lowest BCUT2D eigenvalue weighted by Crippen LogP contribution is -2.07. The second-order valence-corrected chi connectivity index (χ2v) is 4.01. The molecule has 0 amide bonds. The van der Waals surface area contributed by atoms with E-state index in [1.54, 1.807) is 0 Å². The van der Waals surface area contributed by atoms with Crippen molar-refractivity contribution in [3.63, 3.8) is 0 Å². The van der Waals surface area contributed by atoms with Gasteiger partial charge in [-0.2, -0.15) is 8.42 Å². The van der Waals surface area contributed by atoms with Gasteiger partial charge in [-0.05, 0) is 23.8 Å². The largest absolute Gasteiger partial charge is 0.493 e. The third kappa shape index (κ3) is 4.44. The second-order valence-electron chi connectivity index (χ2n) is 2.99. The van der Waals surface area contributed by atoms with Crippen LogP contribution >= 0.6 is 0 Å². The third-order valence-corrected chi connectivity index (χ3v) is 2.08. The lowest BCUT2D eigenvalue weighted by Gasteiger charge is -2.08. The van der Waals surface area contributed by atoms with Gasteiger partial charge in [-0.15, -0.1) is 0 Å². The lowest BCUT2D eigenvalue weighted by atomic mass is 10.2. The maximum absolute atomic E-state index is 10.7. The number of hydrogen-bond acceptors (Lipinski definition) is 5. The molecule has 1 aromatic carbocycles. The summed E-state index contributed by atoms with van der Waals surface area (Å²) in [5.41, 5.74) is 0.189. The topological polar surface area (TPSA) is 110 Å². The average Bonchev–Trinajstić information content (AvgIpc) is 2.25. The second kappa shape index (κ2) is 5.52. The van der Waals surface area contributed by atoms with E-state index in [-0.39, 0.29) is 5.56 Å². The summed E-state index contributed by atoms with van der Waals surface area (Å²) in [6.45, 7) is 0. The average molecular weight is 277 g/mol. The van der Waals surface area contributed by atoms with Gasteiger partial charge in [0.05, 0.1) is 11.2 Å². The Labute approximate surface area is 107 Å². The van der Waals surface area contributed by atoms with Gasteiger partial charge in [0.15, 0.2) is 11.5 Å². The van der Waals surface area contributed by atoms with E-state index in [4.69, 9.17) is 13.8 Å². The monoisotopic (exact) mass is 277 g/mol. The van der Waals surface area contributed by atoms with Crippen LogP contribution in [0.5, 0.6) is 11.5 Å². The highest BCUT2D eigenvalue weighted by Gasteiger charge is 2.12. The van der Waals surface area contributed by atoms with Crippen LogP contribution in [0, 0.1) is 0 Å². The molecule has 1 aromatic rings. The van der Waals surface area contributed by atoms with Gasteiger partial charge in [-0.3, -0.25) is 4.55 Å². The number of carbonyl (C=O) groups is 1. The first-order valence-corrected chi connectivity index (χ1v) is 5.74. The van der Waals surface area contributed by atoms with Crippen molar-refractivity contribution < 1.29 is 35.9 Å². The number of rotatable bonds is 5. The van der Waals surface area contributed by atoms with E-state index < -0.39 is 34.9 Å². The number of aliphatic carboxylic acids is 1. The van der Waals surface area contributed by atoms with Gasteiger partial charge in [0.2, 0.25) is 0 Å². The Morgan fingerprint density at radius 2 is 2.17 bits per heavy atom. The molecule has 0 spiro atoms. The van der Waals surface area contributed by atoms with Crippen molar-refractivity contribution in [3.8, 4) is 11.5 Å². The molecule has 0 heterocycles. The normalized spacial score (nSPS) is 14.6. The summed E-state index contributed by atoms with van der Waals surface area (Å²) < 4.78 is 59.6. The maximum Gasteiger partial charge on any atom is 0.446 e. The van der Waals surface area contributed by atoms with E-state index in [9.17, 15) is 13.2 Å². The van der Waals surface area contributed by atoms with Crippen molar-refractivity contribution in [2.45, 2.75) is 0 Å². The molecule has 0 aromatic heterocycles. The van der Waals surface area contributed by atoms with Gasteiger partial charge < -0.3 is 14.0 Å². The smallest absolute Gasteiger partial charge is 0.446 e. The molecule has 0 atom stereocenters. The van der Waals surface area contributed by atoms with Gasteiger partial charge in [0.1, 0.15) is 0 Å². The molecule has 2 N–H and O–H groups in total. The molecule has 0 aliphatic carbocycles. The number of carboxylic acids is 1. The molecule has 8 heteroatoms. The minimum atomic E-state index is -4.91. The van der Waals surface area contributed by atoms with Crippen LogP contribution in [0.4, 0.5) is 0 Å². The molecule has 0 saturated heterocycles. The minimum absolute atomic E-state index is 0.189. The first-order chi connectivity index (χ1) is 9.46. The summed E-state index contributed by atoms with van der Waals surface area (Å²) in [5, 5.41) is 8.48. The summed E-state index contributed by atoms with van der Waals surface area (Å²) in [6, 6.07) is 3.33. The van der Waals surface area contributed by atoms with Crippen LogP contribution in [0.2, 0.25) is 0 Å². The minimum Gasteiger partial charge on any atom is -0.493 e. The number of carboxylic acid groups (broad SMARTS) is 1. The van der Waals surface area contributed by atoms with Crippen LogP contribution < -0.4 is 8.92 Å². The molecule has 1 rings (SSSR count). The van der Waals surface area contributed by atoms with Crippen LogP contribution in [0.1, 0.15) is 9.68 Å². The van der Waals surface area contributed by atoms with Crippen molar-refractivity contribution in [1.29, 1.82) is 0 Å². The molecule has 18 heavy (non-hydrogen) atoms. The van der Waals surface area contributed by atoms with Crippen LogP contribution in [-0.4, -0.2) is 31.1 Å². The van der Waals surface area contributed by atoms with E-state index in [1.807, 2.05) is 0 Å². The van der Waals surface area contributed by atoms with Crippen LogP contribution in [0.15, 0.2) is 24.3 Å². The number of ether oxygens (including phenoxy) is 1. The Hall–Kier alpha value is -2.06. The fourth-order valence-corrected chi connectivity index (χ4v) is 1.42. The Bertz CT molecular complexity index is 664. The van der Waals surface area contributed by atoms with E-state index in [0.29, 0.717) is 0 Å². The Morgan fingerprint density at radius 3 is 2.72 bits per heavy atom. The molecule has 0 saturated carbocycles. The van der Waals surface area contributed by atoms with Crippen molar-refractivity contribution in [1.82, 2.24) is 0 Å². The number of benzene rings is 1. The maximum atomic E-state index is 10.7. The standard InChI is InChI=1S/C10H10O7S/c1-16-8-4-2-7(3-5-10(11)12)6-9(8)17-18(13,14)15/h2-6H,1H3,(H,11,12)(H,13,14,15)/b5-3+/i1D3. The molecule has 0 aliphatic rings. The first kappa shape index (κ1) is 9.92. The number of methoxy groups -OCH3 is 1. The molecular weight excluding hydrogens is 264 g/mol. The summed E-state index contributed by atoms with van der Waals surface area (Å²) in [4.78, 5) is 10.4. The van der Waals surface area contributed by atoms with Crippen molar-refractivity contribution in [2.75, 3.05) is 7.04 Å². The first-order valence-electron chi connectivity index (χ1n) is 5.87. The predicted molar refractivity (Wildman–Crippen MR) is 61.8 cm³/mol. The molecule has 0 unspecified atom stereocenters. The van der Waals surface area contributed by atoms with Crippen LogP contribution in [-0.2, 0) is 15.2 Å². The van der Waals surface area contributed by atoms with Crippen molar-refractivity contribution >= 4 is 22.4 Å². The van der Waals surface area contributed by atoms with Crippen LogP contribution in [0.3, 0.4) is 0 Å². The van der Waals surface area contributed by atoms with E-state index in [1.165, 1.54) is 6.07 Å². The molecule has 0 bridgehead atoms.